The molecule has 4 nitrogen and oxygen atoms in total. The first-order valence-electron chi connectivity index (χ1n) is 33.9. The Morgan fingerprint density at radius 3 is 0.920 bits per heavy atom. The van der Waals surface area contributed by atoms with Gasteiger partial charge in [0.25, 0.3) is 0 Å². The fraction of sp³-hybridized carbons (Fsp3) is 0.0638. The molecule has 0 saturated carbocycles. The topological polar surface area (TPSA) is 24.9 Å². The van der Waals surface area contributed by atoms with Crippen LogP contribution in [-0.4, -0.2) is 0 Å². The smallest absolute Gasteiger partial charge is 0.128 e. The van der Waals surface area contributed by atoms with Crippen molar-refractivity contribution in [2.75, 3.05) is 9.80 Å². The monoisotopic (exact) mass is 1300 g/mol. The van der Waals surface area contributed by atoms with Crippen LogP contribution in [0.4, 0.5) is 42.9 Å². The maximum atomic E-state index is 16.1. The summed E-state index contributed by atoms with van der Waals surface area (Å²) in [5.41, 5.74) is 24.4. The zero-order valence-corrected chi connectivity index (χ0v) is 56.1. The van der Waals surface area contributed by atoms with Crippen LogP contribution in [0.3, 0.4) is 0 Å². The van der Waals surface area contributed by atoms with Crippen LogP contribution in [0.1, 0.15) is 77.9 Å². The minimum atomic E-state index is -0.745. The van der Waals surface area contributed by atoms with Crippen LogP contribution in [0.25, 0.3) is 45.5 Å². The molecule has 6 heteroatoms. The molecule has 2 aliphatic rings. The number of rotatable bonds is 17. The normalized spacial score (nSPS) is 14.7. The van der Waals surface area contributed by atoms with Crippen molar-refractivity contribution in [3.05, 3.63) is 418 Å². The Kier molecular flexibility index (Phi) is 16.0. The molecule has 0 spiro atoms. The molecule has 482 valence electrons. The Labute approximate surface area is 584 Å². The third-order valence-corrected chi connectivity index (χ3v) is 20.2. The van der Waals surface area contributed by atoms with Crippen LogP contribution >= 0.6 is 0 Å². The number of benzene rings is 14. The fourth-order valence-corrected chi connectivity index (χ4v) is 15.1. The summed E-state index contributed by atoms with van der Waals surface area (Å²) in [6, 6.07) is 109. The van der Waals surface area contributed by atoms with Gasteiger partial charge < -0.3 is 19.3 Å². The molecule has 16 rings (SSSR count). The standard InChI is InChI=1S/C94H70F2N2O2/c1-7-65-23-47-79(48-24-65)99-81-51-35-71(36-52-81)93(69-31-17-61(3)18-32-69)87-15-11-9-13-83(87)85-55-45-75(57-89(85)93)97(77-39-21-63(5)91(95)59-77)73-41-27-67(28-42-73)68-29-43-74(44-30-68)98(78-40-22-64(6)92(96)60-78)76-46-56-86-84-14-10-12-16-88(84)94(90(86)58-76,70-33-19-62(4)20-34-70)72-37-53-82(54-38-72)100-80-49-25-66(8-2)26-50-80/h7-60H,1-2H2,3-6H3. The number of aryl methyl sites for hydroxylation is 4. The Bertz CT molecular complexity index is 5090. The molecule has 0 heterocycles. The van der Waals surface area contributed by atoms with Gasteiger partial charge in [0.05, 0.1) is 10.8 Å². The largest absolute Gasteiger partial charge is 0.457 e. The van der Waals surface area contributed by atoms with Crippen molar-refractivity contribution >= 4 is 46.3 Å². The SMILES string of the molecule is C=Cc1ccc(Oc2ccc(C3(c4ccc(C)cc4)c4ccccc4-c4ccc(N(c5ccc(-c6ccc(N(c7ccc(C)c(F)c7)c7ccc8c(c7)C(c7ccc(C)cc7)(c7ccc(Oc9ccc(C=C)cc9)cc7)c7ccccc7-8)cc6)cc5)c5ccc(C)c(F)c5)cc43)cc2)cc1. The lowest BCUT2D eigenvalue weighted by atomic mass is 9.67. The van der Waals surface area contributed by atoms with Gasteiger partial charge in [0.1, 0.15) is 34.6 Å². The highest BCUT2D eigenvalue weighted by Crippen LogP contribution is 2.60. The Hall–Kier alpha value is -12.4. The lowest BCUT2D eigenvalue weighted by Crippen LogP contribution is -2.28. The molecule has 0 bridgehead atoms. The molecule has 2 unspecified atom stereocenters. The van der Waals surface area contributed by atoms with Crippen molar-refractivity contribution in [3.8, 4) is 56.4 Å². The van der Waals surface area contributed by atoms with Crippen molar-refractivity contribution in [1.82, 2.24) is 0 Å². The van der Waals surface area contributed by atoms with Crippen molar-refractivity contribution in [1.29, 1.82) is 0 Å². The highest BCUT2D eigenvalue weighted by molar-refractivity contribution is 5.92. The Balaban J connectivity index is 0.774. The number of ether oxygens (including phenoxy) is 2. The summed E-state index contributed by atoms with van der Waals surface area (Å²) in [6.07, 6.45) is 3.65. The predicted octanol–water partition coefficient (Wildman–Crippen LogP) is 25.4. The summed E-state index contributed by atoms with van der Waals surface area (Å²) in [7, 11) is 0. The first-order chi connectivity index (χ1) is 48.9. The molecule has 14 aromatic carbocycles. The summed E-state index contributed by atoms with van der Waals surface area (Å²) in [4.78, 5) is 4.31. The molecule has 0 N–H and O–H groups in total. The minimum absolute atomic E-state index is 0.290. The van der Waals surface area contributed by atoms with E-state index >= 15 is 8.78 Å². The van der Waals surface area contributed by atoms with Crippen molar-refractivity contribution in [2.45, 2.75) is 38.5 Å². The van der Waals surface area contributed by atoms with Crippen molar-refractivity contribution in [2.24, 2.45) is 0 Å². The van der Waals surface area contributed by atoms with Gasteiger partial charge in [0.15, 0.2) is 0 Å². The number of anilines is 6. The van der Waals surface area contributed by atoms with Crippen LogP contribution in [0.15, 0.2) is 329 Å². The lowest BCUT2D eigenvalue weighted by Gasteiger charge is -2.35. The second-order valence-corrected chi connectivity index (χ2v) is 26.2. The molecule has 0 saturated heterocycles. The van der Waals surface area contributed by atoms with Gasteiger partial charge in [-0.25, -0.2) is 8.78 Å². The molecule has 100 heavy (non-hydrogen) atoms. The molecular formula is C94H70F2N2O2. The average Bonchev–Trinajstić information content (AvgIpc) is 1.53. The van der Waals surface area contributed by atoms with E-state index in [0.717, 1.165) is 124 Å². The third kappa shape index (κ3) is 10.9. The molecule has 0 radical (unpaired) electrons. The van der Waals surface area contributed by atoms with Crippen LogP contribution in [0, 0.1) is 39.3 Å². The fourth-order valence-electron chi connectivity index (χ4n) is 15.1. The number of hydrogen-bond donors (Lipinski definition) is 0. The van der Waals surface area contributed by atoms with Gasteiger partial charge >= 0.3 is 0 Å². The van der Waals surface area contributed by atoms with Crippen molar-refractivity contribution < 1.29 is 18.3 Å². The maximum Gasteiger partial charge on any atom is 0.128 e. The molecule has 0 fully saturated rings. The molecular weight excluding hydrogens is 1230 g/mol. The van der Waals surface area contributed by atoms with E-state index in [1.54, 1.807) is 26.0 Å². The predicted molar refractivity (Wildman–Crippen MR) is 408 cm³/mol. The summed E-state index contributed by atoms with van der Waals surface area (Å²) < 4.78 is 45.1. The highest BCUT2D eigenvalue weighted by Gasteiger charge is 2.48. The van der Waals surface area contributed by atoms with Crippen LogP contribution in [0.5, 0.6) is 23.0 Å². The second-order valence-electron chi connectivity index (χ2n) is 26.2. The van der Waals surface area contributed by atoms with E-state index in [0.29, 0.717) is 22.5 Å². The minimum Gasteiger partial charge on any atom is -0.457 e. The molecule has 2 atom stereocenters. The van der Waals surface area contributed by atoms with Gasteiger partial charge in [0.2, 0.25) is 0 Å². The first kappa shape index (κ1) is 62.4. The third-order valence-electron chi connectivity index (χ3n) is 20.2. The molecule has 0 aliphatic heterocycles. The van der Waals surface area contributed by atoms with Gasteiger partial charge in [-0.3, -0.25) is 0 Å². The van der Waals surface area contributed by atoms with E-state index in [-0.39, 0.29) is 11.6 Å². The lowest BCUT2D eigenvalue weighted by molar-refractivity contribution is 0.482. The van der Waals surface area contributed by atoms with Gasteiger partial charge in [-0.2, -0.15) is 0 Å². The zero-order valence-electron chi connectivity index (χ0n) is 56.1. The van der Waals surface area contributed by atoms with Crippen LogP contribution < -0.4 is 19.3 Å². The summed E-state index contributed by atoms with van der Waals surface area (Å²) in [5.74, 6) is 2.35. The van der Waals surface area contributed by atoms with E-state index in [2.05, 4.69) is 267 Å². The number of hydrogen-bond acceptors (Lipinski definition) is 4. The van der Waals surface area contributed by atoms with E-state index in [4.69, 9.17) is 9.47 Å². The van der Waals surface area contributed by atoms with Crippen LogP contribution in [0.2, 0.25) is 0 Å². The Morgan fingerprint density at radius 2 is 0.580 bits per heavy atom. The highest BCUT2D eigenvalue weighted by atomic mass is 19.1. The summed E-state index contributed by atoms with van der Waals surface area (Å²) >= 11 is 0. The molecule has 0 amide bonds. The summed E-state index contributed by atoms with van der Waals surface area (Å²) in [5, 5.41) is 0. The van der Waals surface area contributed by atoms with Gasteiger partial charge in [-0.1, -0.05) is 231 Å². The molecule has 0 aromatic heterocycles. The quantitative estimate of drug-likeness (QED) is 0.0907. The second kappa shape index (κ2) is 25.6. The van der Waals surface area contributed by atoms with Crippen molar-refractivity contribution in [3.63, 3.8) is 0 Å². The zero-order chi connectivity index (χ0) is 68.2. The van der Waals surface area contributed by atoms with Gasteiger partial charge in [0, 0.05) is 34.1 Å². The number of halogens is 2. The van der Waals surface area contributed by atoms with Gasteiger partial charge in [-0.05, 0) is 249 Å². The first-order valence-corrected chi connectivity index (χ1v) is 33.9. The van der Waals surface area contributed by atoms with E-state index in [1.807, 2.05) is 84.9 Å². The van der Waals surface area contributed by atoms with Gasteiger partial charge in [-0.15, -0.1) is 0 Å². The molecule has 2 aliphatic carbocycles. The number of fused-ring (bicyclic) bond motifs is 6. The molecule has 14 aromatic rings. The van der Waals surface area contributed by atoms with E-state index < -0.39 is 10.8 Å². The Morgan fingerprint density at radius 1 is 0.290 bits per heavy atom. The maximum absolute atomic E-state index is 16.1. The summed E-state index contributed by atoms with van der Waals surface area (Å²) in [6.45, 7) is 15.7. The van der Waals surface area contributed by atoms with E-state index in [1.165, 1.54) is 22.3 Å². The number of nitrogens with zero attached hydrogens (tertiary/aromatic N) is 2. The average molecular weight is 1300 g/mol. The van der Waals surface area contributed by atoms with E-state index in [9.17, 15) is 0 Å². The van der Waals surface area contributed by atoms with Crippen LogP contribution in [-0.2, 0) is 10.8 Å².